The minimum Gasteiger partial charge on any atom is -0.468 e. The minimum absolute atomic E-state index is 0.0317. The van der Waals surface area contributed by atoms with E-state index in [9.17, 15) is 0 Å². The number of hydrogen-bond acceptors (Lipinski definition) is 4. The Morgan fingerprint density at radius 2 is 2.21 bits per heavy atom. The second-order valence-electron chi connectivity index (χ2n) is 5.63. The highest BCUT2D eigenvalue weighted by Crippen LogP contribution is 2.38. The van der Waals surface area contributed by atoms with Gasteiger partial charge < -0.3 is 14.9 Å². The second-order valence-corrected chi connectivity index (χ2v) is 5.63. The van der Waals surface area contributed by atoms with Crippen LogP contribution in [-0.2, 0) is 4.74 Å². The Morgan fingerprint density at radius 1 is 1.47 bits per heavy atom. The van der Waals surface area contributed by atoms with E-state index in [0.29, 0.717) is 6.04 Å². The molecule has 0 saturated heterocycles. The number of furan rings is 1. The van der Waals surface area contributed by atoms with Crippen LogP contribution in [0.25, 0.3) is 0 Å². The predicted octanol–water partition coefficient (Wildman–Crippen LogP) is 2.41. The summed E-state index contributed by atoms with van der Waals surface area (Å²) in [6.45, 7) is 5.96. The number of ether oxygens (including phenoxy) is 1. The highest BCUT2D eigenvalue weighted by atomic mass is 16.5. The van der Waals surface area contributed by atoms with E-state index in [1.54, 1.807) is 13.4 Å². The van der Waals surface area contributed by atoms with Crippen LogP contribution in [0.2, 0.25) is 0 Å². The molecule has 4 heteroatoms. The van der Waals surface area contributed by atoms with E-state index in [-0.39, 0.29) is 12.1 Å². The summed E-state index contributed by atoms with van der Waals surface area (Å²) in [7, 11) is 1.74. The van der Waals surface area contributed by atoms with Crippen LogP contribution in [0.1, 0.15) is 38.5 Å². The first-order chi connectivity index (χ1) is 9.15. The third-order valence-corrected chi connectivity index (χ3v) is 4.07. The molecule has 0 amide bonds. The van der Waals surface area contributed by atoms with Crippen molar-refractivity contribution in [3.63, 3.8) is 0 Å². The third-order valence-electron chi connectivity index (χ3n) is 4.07. The van der Waals surface area contributed by atoms with E-state index >= 15 is 0 Å². The van der Waals surface area contributed by atoms with Gasteiger partial charge in [0.2, 0.25) is 0 Å². The van der Waals surface area contributed by atoms with Gasteiger partial charge in [-0.05, 0) is 44.7 Å². The van der Waals surface area contributed by atoms with Crippen LogP contribution in [0.3, 0.4) is 0 Å². The van der Waals surface area contributed by atoms with Crippen LogP contribution < -0.4 is 5.73 Å². The molecule has 0 radical (unpaired) electrons. The Hall–Kier alpha value is -0.840. The fraction of sp³-hybridized carbons (Fsp3) is 0.733. The molecule has 1 heterocycles. The van der Waals surface area contributed by atoms with E-state index in [1.807, 2.05) is 19.1 Å². The van der Waals surface area contributed by atoms with Crippen molar-refractivity contribution >= 4 is 0 Å². The summed E-state index contributed by atoms with van der Waals surface area (Å²) >= 11 is 0. The summed E-state index contributed by atoms with van der Waals surface area (Å²) in [4.78, 5) is 2.45. The third kappa shape index (κ3) is 3.59. The molecule has 2 N–H and O–H groups in total. The van der Waals surface area contributed by atoms with Crippen molar-refractivity contribution in [3.05, 3.63) is 24.2 Å². The van der Waals surface area contributed by atoms with Crippen molar-refractivity contribution < 1.29 is 9.15 Å². The van der Waals surface area contributed by atoms with Gasteiger partial charge in [0.1, 0.15) is 5.76 Å². The van der Waals surface area contributed by atoms with E-state index in [1.165, 1.54) is 12.8 Å². The molecule has 108 valence electrons. The summed E-state index contributed by atoms with van der Waals surface area (Å²) in [5.41, 5.74) is 6.22. The predicted molar refractivity (Wildman–Crippen MR) is 75.9 cm³/mol. The second kappa shape index (κ2) is 6.55. The SMILES string of the molecule is COCCN(C(C)C1CC1)C(c1ccco1)C(C)N. The number of rotatable bonds is 8. The van der Waals surface area contributed by atoms with Crippen LogP contribution in [-0.4, -0.2) is 37.2 Å². The van der Waals surface area contributed by atoms with Crippen LogP contribution in [0, 0.1) is 5.92 Å². The van der Waals surface area contributed by atoms with Crippen LogP contribution in [0.5, 0.6) is 0 Å². The summed E-state index contributed by atoms with van der Waals surface area (Å²) in [5.74, 6) is 1.76. The van der Waals surface area contributed by atoms with E-state index in [2.05, 4.69) is 11.8 Å². The topological polar surface area (TPSA) is 51.6 Å². The van der Waals surface area contributed by atoms with Crippen molar-refractivity contribution in [2.45, 2.75) is 44.8 Å². The van der Waals surface area contributed by atoms with Gasteiger partial charge in [-0.25, -0.2) is 0 Å². The number of nitrogens with zero attached hydrogens (tertiary/aromatic N) is 1. The highest BCUT2D eigenvalue weighted by Gasteiger charge is 2.37. The van der Waals surface area contributed by atoms with Crippen LogP contribution in [0.4, 0.5) is 0 Å². The molecule has 1 aromatic heterocycles. The maximum atomic E-state index is 6.22. The molecule has 0 aromatic carbocycles. The fourth-order valence-corrected chi connectivity index (χ4v) is 2.83. The Balaban J connectivity index is 2.16. The molecule has 1 fully saturated rings. The Morgan fingerprint density at radius 3 is 2.68 bits per heavy atom. The standard InChI is InChI=1S/C15H26N2O2/c1-11(16)15(14-5-4-9-19-14)17(8-10-18-3)12(2)13-6-7-13/h4-5,9,11-13,15H,6-8,10,16H2,1-3H3. The van der Waals surface area contributed by atoms with Gasteiger partial charge in [0.05, 0.1) is 18.9 Å². The molecule has 4 nitrogen and oxygen atoms in total. The van der Waals surface area contributed by atoms with Crippen LogP contribution >= 0.6 is 0 Å². The van der Waals surface area contributed by atoms with Gasteiger partial charge in [0.15, 0.2) is 0 Å². The lowest BCUT2D eigenvalue weighted by Crippen LogP contribution is -2.46. The Labute approximate surface area is 115 Å². The van der Waals surface area contributed by atoms with Gasteiger partial charge in [-0.2, -0.15) is 0 Å². The zero-order valence-electron chi connectivity index (χ0n) is 12.2. The van der Waals surface area contributed by atoms with Crippen molar-refractivity contribution in [1.29, 1.82) is 0 Å². The van der Waals surface area contributed by atoms with Gasteiger partial charge in [-0.1, -0.05) is 0 Å². The molecule has 3 unspecified atom stereocenters. The number of nitrogens with two attached hydrogens (primary N) is 1. The molecule has 1 aliphatic rings. The zero-order chi connectivity index (χ0) is 13.8. The van der Waals surface area contributed by atoms with Crippen molar-refractivity contribution in [2.24, 2.45) is 11.7 Å². The normalized spacial score (nSPS) is 20.5. The molecule has 19 heavy (non-hydrogen) atoms. The lowest BCUT2D eigenvalue weighted by Gasteiger charge is -2.37. The van der Waals surface area contributed by atoms with Gasteiger partial charge in [-0.15, -0.1) is 0 Å². The first-order valence-electron chi connectivity index (χ1n) is 7.18. The molecule has 2 rings (SSSR count). The van der Waals surface area contributed by atoms with Crippen molar-refractivity contribution in [1.82, 2.24) is 4.90 Å². The lowest BCUT2D eigenvalue weighted by atomic mass is 10.0. The first-order valence-corrected chi connectivity index (χ1v) is 7.18. The Kier molecular flexibility index (Phi) is 5.02. The molecule has 0 spiro atoms. The first kappa shape index (κ1) is 14.6. The van der Waals surface area contributed by atoms with Crippen LogP contribution in [0.15, 0.2) is 22.8 Å². The largest absolute Gasteiger partial charge is 0.468 e. The van der Waals surface area contributed by atoms with E-state index in [0.717, 1.165) is 24.8 Å². The van der Waals surface area contributed by atoms with Crippen molar-refractivity contribution in [3.8, 4) is 0 Å². The van der Waals surface area contributed by atoms with Gasteiger partial charge >= 0.3 is 0 Å². The average Bonchev–Trinajstić information content (AvgIpc) is 3.10. The summed E-state index contributed by atoms with van der Waals surface area (Å²) in [5, 5.41) is 0. The average molecular weight is 266 g/mol. The molecule has 0 aliphatic heterocycles. The van der Waals surface area contributed by atoms with Gasteiger partial charge in [0, 0.05) is 25.7 Å². The zero-order valence-corrected chi connectivity index (χ0v) is 12.2. The highest BCUT2D eigenvalue weighted by molar-refractivity contribution is 5.08. The van der Waals surface area contributed by atoms with E-state index in [4.69, 9.17) is 14.9 Å². The maximum absolute atomic E-state index is 6.22. The number of methoxy groups -OCH3 is 1. The molecule has 1 aliphatic carbocycles. The van der Waals surface area contributed by atoms with Crippen molar-refractivity contribution in [2.75, 3.05) is 20.3 Å². The summed E-state index contributed by atoms with van der Waals surface area (Å²) in [6.07, 6.45) is 4.38. The maximum Gasteiger partial charge on any atom is 0.122 e. The minimum atomic E-state index is 0.0317. The van der Waals surface area contributed by atoms with Gasteiger partial charge in [0.25, 0.3) is 0 Å². The smallest absolute Gasteiger partial charge is 0.122 e. The monoisotopic (exact) mass is 266 g/mol. The van der Waals surface area contributed by atoms with E-state index < -0.39 is 0 Å². The summed E-state index contributed by atoms with van der Waals surface area (Å²) < 4.78 is 10.9. The molecular weight excluding hydrogens is 240 g/mol. The quantitative estimate of drug-likeness (QED) is 0.785. The molecular formula is C15H26N2O2. The fourth-order valence-electron chi connectivity index (χ4n) is 2.83. The molecule has 1 saturated carbocycles. The molecule has 3 atom stereocenters. The lowest BCUT2D eigenvalue weighted by molar-refractivity contribution is 0.0625. The molecule has 1 aromatic rings. The van der Waals surface area contributed by atoms with Gasteiger partial charge in [-0.3, -0.25) is 4.90 Å². The Bertz CT molecular complexity index is 360. The molecule has 0 bridgehead atoms. The number of hydrogen-bond donors (Lipinski definition) is 1. The summed E-state index contributed by atoms with van der Waals surface area (Å²) in [6, 6.07) is 4.63.